The summed E-state index contributed by atoms with van der Waals surface area (Å²) in [4.78, 5) is 41.9. The van der Waals surface area contributed by atoms with E-state index in [4.69, 9.17) is 16.7 Å². The number of amides is 2. The van der Waals surface area contributed by atoms with Crippen molar-refractivity contribution in [1.29, 1.82) is 0 Å². The zero-order valence-electron chi connectivity index (χ0n) is 26.9. The van der Waals surface area contributed by atoms with Crippen molar-refractivity contribution < 1.29 is 46.5 Å². The van der Waals surface area contributed by atoms with Crippen LogP contribution in [0.15, 0.2) is 60.0 Å². The zero-order valence-corrected chi connectivity index (χ0v) is 27.7. The highest BCUT2D eigenvalue weighted by Gasteiger charge is 2.52. The van der Waals surface area contributed by atoms with E-state index in [-0.39, 0.29) is 52.4 Å². The summed E-state index contributed by atoms with van der Waals surface area (Å²) in [6.07, 6.45) is -0.269. The first-order chi connectivity index (χ1) is 23.6. The number of aromatic nitrogens is 1. The Labute approximate surface area is 289 Å². The van der Waals surface area contributed by atoms with Crippen molar-refractivity contribution in [2.45, 2.75) is 76.6 Å². The first-order valence-corrected chi connectivity index (χ1v) is 16.3. The summed E-state index contributed by atoms with van der Waals surface area (Å²) in [5, 5.41) is 25.5. The molecule has 50 heavy (non-hydrogen) atoms. The topological polar surface area (TPSA) is 123 Å². The Hall–Kier alpha value is -4.56. The number of aliphatic hydroxyl groups excluding tert-OH is 1. The van der Waals surface area contributed by atoms with E-state index in [0.29, 0.717) is 38.5 Å². The second kappa shape index (κ2) is 14.7. The van der Waals surface area contributed by atoms with Gasteiger partial charge in [0.05, 0.1) is 12.1 Å². The van der Waals surface area contributed by atoms with E-state index in [2.05, 4.69) is 10.3 Å². The van der Waals surface area contributed by atoms with Gasteiger partial charge in [0.2, 0.25) is 0 Å². The van der Waals surface area contributed by atoms with Gasteiger partial charge in [0.1, 0.15) is 17.0 Å². The molecular weight excluding hydrogens is 687 g/mol. The molecule has 15 heteroatoms. The molecule has 0 aliphatic carbocycles. The molecule has 0 spiro atoms. The number of hydrogen-bond donors (Lipinski definition) is 3. The molecule has 0 saturated carbocycles. The van der Waals surface area contributed by atoms with Crippen LogP contribution in [0.25, 0.3) is 11.1 Å². The number of benzene rings is 2. The van der Waals surface area contributed by atoms with Gasteiger partial charge in [0, 0.05) is 46.6 Å². The van der Waals surface area contributed by atoms with Crippen molar-refractivity contribution in [2.24, 2.45) is 0 Å². The molecule has 1 fully saturated rings. The van der Waals surface area contributed by atoms with Crippen LogP contribution in [0.5, 0.6) is 0 Å². The first kappa shape index (κ1) is 36.7. The lowest BCUT2D eigenvalue weighted by molar-refractivity contribution is -0.160. The number of unbranched alkanes of at least 4 members (excludes halogenated alkanes) is 3. The number of hydrogen-bond acceptors (Lipinski definition) is 6. The molecule has 0 bridgehead atoms. The van der Waals surface area contributed by atoms with Gasteiger partial charge in [-0.2, -0.15) is 13.2 Å². The molecule has 3 N–H and O–H groups in total. The number of aliphatic hydroxyl groups is 1. The van der Waals surface area contributed by atoms with E-state index >= 15 is 8.78 Å². The smallest absolute Gasteiger partial charge is 0.433 e. The minimum Gasteiger partial charge on any atom is -0.509 e. The molecular formula is C35H34ClF5N4O5. The van der Waals surface area contributed by atoms with Gasteiger partial charge in [-0.05, 0) is 68.9 Å². The third-order valence-electron chi connectivity index (χ3n) is 9.06. The Balaban J connectivity index is 1.38. The highest BCUT2D eigenvalue weighted by atomic mass is 35.5. The van der Waals surface area contributed by atoms with Crippen molar-refractivity contribution in [1.82, 2.24) is 15.0 Å². The van der Waals surface area contributed by atoms with Crippen LogP contribution >= 0.6 is 11.6 Å². The molecule has 2 aliphatic heterocycles. The first-order valence-electron chi connectivity index (χ1n) is 16.0. The summed E-state index contributed by atoms with van der Waals surface area (Å²) in [5.41, 5.74) is -2.55. The molecule has 2 amide bonds. The average molecular weight is 721 g/mol. The van der Waals surface area contributed by atoms with Crippen molar-refractivity contribution in [3.05, 3.63) is 93.5 Å². The van der Waals surface area contributed by atoms with Gasteiger partial charge < -0.3 is 15.5 Å². The Morgan fingerprint density at radius 3 is 2.40 bits per heavy atom. The molecule has 3 aromatic rings. The second-order valence-corrected chi connectivity index (χ2v) is 12.9. The van der Waals surface area contributed by atoms with Gasteiger partial charge >= 0.3 is 12.1 Å². The van der Waals surface area contributed by atoms with Gasteiger partial charge in [0.25, 0.3) is 11.8 Å². The average Bonchev–Trinajstić information content (AvgIpc) is 3.47. The number of pyridine rings is 1. The fourth-order valence-electron chi connectivity index (χ4n) is 6.37. The highest BCUT2D eigenvalue weighted by Crippen LogP contribution is 2.42. The summed E-state index contributed by atoms with van der Waals surface area (Å²) >= 11 is 6.16. The lowest BCUT2D eigenvalue weighted by Crippen LogP contribution is -2.60. The van der Waals surface area contributed by atoms with Crippen LogP contribution in [0.2, 0.25) is 5.02 Å². The Morgan fingerprint density at radius 1 is 1.02 bits per heavy atom. The van der Waals surface area contributed by atoms with E-state index in [1.165, 1.54) is 35.3 Å². The molecule has 9 nitrogen and oxygen atoms in total. The van der Waals surface area contributed by atoms with Crippen LogP contribution in [-0.4, -0.2) is 55.1 Å². The number of nitrogens with one attached hydrogen (secondary N) is 1. The number of anilines is 1. The van der Waals surface area contributed by atoms with E-state index in [1.807, 2.05) is 0 Å². The van der Waals surface area contributed by atoms with E-state index in [1.54, 1.807) is 6.92 Å². The number of halogens is 6. The third kappa shape index (κ3) is 7.60. The molecule has 2 aromatic carbocycles. The number of carboxylic acids is 1. The van der Waals surface area contributed by atoms with Crippen molar-refractivity contribution in [3.8, 4) is 11.1 Å². The molecule has 3 heterocycles. The number of alkyl halides is 3. The Kier molecular flexibility index (Phi) is 10.8. The fraction of sp³-hybridized carbons (Fsp3) is 0.371. The predicted molar refractivity (Wildman–Crippen MR) is 174 cm³/mol. The van der Waals surface area contributed by atoms with Gasteiger partial charge in [-0.3, -0.25) is 24.4 Å². The lowest BCUT2D eigenvalue weighted by Gasteiger charge is -2.46. The quantitative estimate of drug-likeness (QED) is 0.0990. The summed E-state index contributed by atoms with van der Waals surface area (Å²) < 4.78 is 69.9. The normalized spacial score (nSPS) is 18.1. The maximum atomic E-state index is 15.4. The van der Waals surface area contributed by atoms with E-state index in [0.717, 1.165) is 23.3 Å². The molecule has 2 aliphatic rings. The fourth-order valence-corrected chi connectivity index (χ4v) is 6.54. The van der Waals surface area contributed by atoms with Crippen molar-refractivity contribution in [2.75, 3.05) is 11.9 Å². The molecule has 5 rings (SSSR count). The highest BCUT2D eigenvalue weighted by molar-refractivity contribution is 6.31. The van der Waals surface area contributed by atoms with Crippen LogP contribution < -0.4 is 5.32 Å². The number of nitrogens with zero attached hydrogens (tertiary/aromatic N) is 3. The molecule has 266 valence electrons. The Morgan fingerprint density at radius 2 is 1.72 bits per heavy atom. The monoisotopic (exact) mass is 720 g/mol. The van der Waals surface area contributed by atoms with Crippen LogP contribution in [-0.2, 0) is 33.5 Å². The van der Waals surface area contributed by atoms with E-state index in [9.17, 15) is 32.7 Å². The van der Waals surface area contributed by atoms with Crippen LogP contribution in [0.1, 0.15) is 68.7 Å². The maximum absolute atomic E-state index is 15.4. The zero-order chi connectivity index (χ0) is 36.4. The number of fused-ring (bicyclic) bond motifs is 1. The second-order valence-electron chi connectivity index (χ2n) is 12.5. The summed E-state index contributed by atoms with van der Waals surface area (Å²) in [7, 11) is 0. The molecule has 1 aromatic heterocycles. The summed E-state index contributed by atoms with van der Waals surface area (Å²) in [6.45, 7) is 1.47. The minimum atomic E-state index is -4.67. The number of rotatable bonds is 12. The molecule has 0 unspecified atom stereocenters. The van der Waals surface area contributed by atoms with Crippen molar-refractivity contribution >= 4 is 35.1 Å². The largest absolute Gasteiger partial charge is 0.509 e. The number of carbonyl (C=O) groups is 3. The predicted octanol–water partition coefficient (Wildman–Crippen LogP) is 7.84. The summed E-state index contributed by atoms with van der Waals surface area (Å²) in [5.74, 6) is -5.60. The van der Waals surface area contributed by atoms with Gasteiger partial charge in [-0.15, -0.1) is 0 Å². The Bertz CT molecular complexity index is 1840. The molecule has 0 radical (unpaired) electrons. The third-order valence-corrected chi connectivity index (χ3v) is 9.30. The van der Waals surface area contributed by atoms with Gasteiger partial charge in [-0.25, -0.2) is 13.8 Å². The standard InChI is InChI=1S/C35H34ClF5N4O5/c1-34-15-6-16-45(34)44(19-22-10-9-20(29(37)30(22)38)7-4-2-3-5-8-27(46)47)33(50)28(31(34)48)32(49)43-25-13-12-23(36)17-24(25)21-11-14-26(42-18-21)35(39,40)41/h9-14,17-18,48H,2-8,15-16,19H2,1H3,(H,43,49)(H,46,47)/t34-/m1/s1. The van der Waals surface area contributed by atoms with Gasteiger partial charge in [0.15, 0.2) is 11.6 Å². The molecule has 1 atom stereocenters. The summed E-state index contributed by atoms with van der Waals surface area (Å²) in [6, 6.07) is 8.92. The minimum absolute atomic E-state index is 0.0436. The number of carboxylic acid groups (broad SMARTS) is 1. The van der Waals surface area contributed by atoms with Gasteiger partial charge in [-0.1, -0.05) is 42.6 Å². The SMILES string of the molecule is C[C@]12CCCN1N(Cc1ccc(CCCCCCC(=O)O)c(F)c1F)C(=O)C(C(=O)Nc1ccc(Cl)cc1-c1ccc(C(F)(F)F)nc1)=C2O. The number of aliphatic carboxylic acids is 1. The van der Waals surface area contributed by atoms with Crippen LogP contribution in [0, 0.1) is 11.6 Å². The van der Waals surface area contributed by atoms with Crippen LogP contribution in [0.3, 0.4) is 0 Å². The van der Waals surface area contributed by atoms with Crippen LogP contribution in [0.4, 0.5) is 27.6 Å². The van der Waals surface area contributed by atoms with Crippen molar-refractivity contribution in [3.63, 3.8) is 0 Å². The number of aryl methyl sites for hydroxylation is 1. The number of hydrazine groups is 1. The number of carbonyl (C=O) groups excluding carboxylic acids is 2. The molecule has 1 saturated heterocycles. The lowest BCUT2D eigenvalue weighted by atomic mass is 9.90. The maximum Gasteiger partial charge on any atom is 0.433 e. The van der Waals surface area contributed by atoms with E-state index < -0.39 is 64.7 Å².